The van der Waals surface area contributed by atoms with Crippen LogP contribution in [0, 0.1) is 0 Å². The molecule has 0 spiro atoms. The molecule has 1 aromatic heterocycles. The first kappa shape index (κ1) is 21.3. The Morgan fingerprint density at radius 3 is 2.29 bits per heavy atom. The molecular weight excluding hydrogens is 372 g/mol. The molecule has 4 atom stereocenters. The van der Waals surface area contributed by atoms with Crippen molar-refractivity contribution >= 4 is 23.8 Å². The molecule has 2 rings (SSSR count). The third kappa shape index (κ3) is 5.26. The summed E-state index contributed by atoms with van der Waals surface area (Å²) in [5, 5.41) is 2.51. The first-order chi connectivity index (χ1) is 13.2. The predicted octanol–water partition coefficient (Wildman–Crippen LogP) is -0.342. The summed E-state index contributed by atoms with van der Waals surface area (Å²) in [6.45, 7) is 3.46. The molecule has 28 heavy (non-hydrogen) atoms. The van der Waals surface area contributed by atoms with E-state index in [1.807, 2.05) is 0 Å². The molecule has 152 valence electrons. The summed E-state index contributed by atoms with van der Waals surface area (Å²) in [7, 11) is 1.50. The molecule has 1 N–H and O–H groups in total. The number of rotatable bonds is 6. The molecule has 0 bridgehead atoms. The molecular formula is C18H23N2O8+. The maximum atomic E-state index is 11.9. The number of ether oxygens (including phenoxy) is 4. The summed E-state index contributed by atoms with van der Waals surface area (Å²) >= 11 is 0. The smallest absolute Gasteiger partial charge is 0.304 e. The standard InChI is InChI=1S/C18H22N2O8/c1-10(21)25-9-14-15(26-11(2)22)16(27-12(3)23)18(28-14)20-7-5-6-13(8-20)17(24)19-4/h5-8,14-16,18H,9H2,1-4H3/p+1/t14-,15-,16-,18-/m1/s1. The van der Waals surface area contributed by atoms with Crippen molar-refractivity contribution in [3.8, 4) is 0 Å². The SMILES string of the molecule is CNC(=O)c1ccc[n+]([C@@H]2O[C@H](COC(C)=O)[C@@H](OC(C)=O)[C@H]2OC(C)=O)c1. The third-order valence-corrected chi connectivity index (χ3v) is 3.95. The Morgan fingerprint density at radius 1 is 1.07 bits per heavy atom. The Hall–Kier alpha value is -3.01. The van der Waals surface area contributed by atoms with Gasteiger partial charge in [-0.3, -0.25) is 19.2 Å². The highest BCUT2D eigenvalue weighted by atomic mass is 16.7. The number of esters is 3. The number of nitrogens with zero attached hydrogens (tertiary/aromatic N) is 1. The van der Waals surface area contributed by atoms with Crippen molar-refractivity contribution in [1.82, 2.24) is 5.32 Å². The highest BCUT2D eigenvalue weighted by molar-refractivity contribution is 5.93. The Labute approximate surface area is 161 Å². The highest BCUT2D eigenvalue weighted by Crippen LogP contribution is 2.31. The molecule has 1 fully saturated rings. The second kappa shape index (κ2) is 9.27. The average Bonchev–Trinajstić information content (AvgIpc) is 2.95. The largest absolute Gasteiger partial charge is 0.463 e. The number of hydrogen-bond acceptors (Lipinski definition) is 8. The van der Waals surface area contributed by atoms with Gasteiger partial charge in [0.1, 0.15) is 18.3 Å². The van der Waals surface area contributed by atoms with Gasteiger partial charge in [0.25, 0.3) is 5.91 Å². The molecule has 0 unspecified atom stereocenters. The Kier molecular flexibility index (Phi) is 7.05. The van der Waals surface area contributed by atoms with Crippen LogP contribution in [0.15, 0.2) is 24.5 Å². The zero-order valence-corrected chi connectivity index (χ0v) is 16.0. The minimum absolute atomic E-state index is 0.197. The topological polar surface area (TPSA) is 121 Å². The minimum atomic E-state index is -1.01. The van der Waals surface area contributed by atoms with E-state index in [0.29, 0.717) is 5.56 Å². The number of amides is 1. The van der Waals surface area contributed by atoms with Crippen molar-refractivity contribution in [3.63, 3.8) is 0 Å². The molecule has 1 aromatic rings. The van der Waals surface area contributed by atoms with Gasteiger partial charge in [-0.05, 0) is 6.07 Å². The van der Waals surface area contributed by atoms with Crippen LogP contribution in [0.3, 0.4) is 0 Å². The zero-order valence-electron chi connectivity index (χ0n) is 16.0. The van der Waals surface area contributed by atoms with E-state index in [1.54, 1.807) is 18.3 Å². The van der Waals surface area contributed by atoms with Crippen molar-refractivity contribution in [1.29, 1.82) is 0 Å². The van der Waals surface area contributed by atoms with Gasteiger partial charge in [-0.1, -0.05) is 0 Å². The van der Waals surface area contributed by atoms with E-state index < -0.39 is 42.4 Å². The third-order valence-electron chi connectivity index (χ3n) is 3.95. The maximum absolute atomic E-state index is 11.9. The predicted molar refractivity (Wildman–Crippen MR) is 91.7 cm³/mol. The van der Waals surface area contributed by atoms with E-state index in [4.69, 9.17) is 18.9 Å². The van der Waals surface area contributed by atoms with Gasteiger partial charge in [0.15, 0.2) is 18.5 Å². The first-order valence-electron chi connectivity index (χ1n) is 8.59. The Balaban J connectivity index is 2.39. The molecule has 0 aromatic carbocycles. The van der Waals surface area contributed by atoms with Gasteiger partial charge in [0.2, 0.25) is 6.10 Å². The molecule has 0 aliphatic carbocycles. The summed E-state index contributed by atoms with van der Waals surface area (Å²) < 4.78 is 23.1. The van der Waals surface area contributed by atoms with Crippen LogP contribution in [0.4, 0.5) is 0 Å². The van der Waals surface area contributed by atoms with Crippen LogP contribution in [-0.4, -0.2) is 55.8 Å². The summed E-state index contributed by atoms with van der Waals surface area (Å²) in [6.07, 6.45) is -0.642. The molecule has 1 saturated heterocycles. The summed E-state index contributed by atoms with van der Waals surface area (Å²) in [6, 6.07) is 3.23. The van der Waals surface area contributed by atoms with Gasteiger partial charge in [0.05, 0.1) is 0 Å². The highest BCUT2D eigenvalue weighted by Gasteiger charge is 2.54. The van der Waals surface area contributed by atoms with Gasteiger partial charge in [-0.15, -0.1) is 0 Å². The van der Waals surface area contributed by atoms with Crippen molar-refractivity contribution in [3.05, 3.63) is 30.1 Å². The number of hydrogen-bond donors (Lipinski definition) is 1. The fourth-order valence-corrected chi connectivity index (χ4v) is 2.86. The van der Waals surface area contributed by atoms with E-state index >= 15 is 0 Å². The van der Waals surface area contributed by atoms with E-state index in [2.05, 4.69) is 5.32 Å². The first-order valence-corrected chi connectivity index (χ1v) is 8.59. The lowest BCUT2D eigenvalue weighted by molar-refractivity contribution is -0.765. The molecule has 1 amide bonds. The van der Waals surface area contributed by atoms with Gasteiger partial charge in [0, 0.05) is 33.9 Å². The van der Waals surface area contributed by atoms with Crippen LogP contribution in [0.5, 0.6) is 0 Å². The number of nitrogens with one attached hydrogen (secondary N) is 1. The molecule has 10 heteroatoms. The van der Waals surface area contributed by atoms with Crippen LogP contribution in [0.1, 0.15) is 37.4 Å². The molecule has 1 aliphatic rings. The van der Waals surface area contributed by atoms with E-state index in [0.717, 1.165) is 0 Å². The lowest BCUT2D eigenvalue weighted by atomic mass is 10.1. The van der Waals surface area contributed by atoms with Crippen molar-refractivity contribution in [2.24, 2.45) is 0 Å². The number of aromatic nitrogens is 1. The Bertz CT molecular complexity index is 766. The van der Waals surface area contributed by atoms with Gasteiger partial charge in [-0.2, -0.15) is 4.57 Å². The Morgan fingerprint density at radius 2 is 1.71 bits per heavy atom. The van der Waals surface area contributed by atoms with Crippen molar-refractivity contribution < 1.29 is 42.7 Å². The van der Waals surface area contributed by atoms with E-state index in [9.17, 15) is 19.2 Å². The monoisotopic (exact) mass is 395 g/mol. The zero-order chi connectivity index (χ0) is 20.8. The fraction of sp³-hybridized carbons (Fsp3) is 0.500. The van der Waals surface area contributed by atoms with E-state index in [-0.39, 0.29) is 12.5 Å². The summed E-state index contributed by atoms with van der Waals surface area (Å²) in [5.74, 6) is -2.06. The number of carbonyl (C=O) groups is 4. The lowest BCUT2D eigenvalue weighted by Crippen LogP contribution is -2.48. The molecule has 2 heterocycles. The average molecular weight is 395 g/mol. The van der Waals surface area contributed by atoms with Gasteiger partial charge >= 0.3 is 24.1 Å². The molecule has 0 saturated carbocycles. The van der Waals surface area contributed by atoms with Crippen molar-refractivity contribution in [2.45, 2.75) is 45.3 Å². The summed E-state index contributed by atoms with van der Waals surface area (Å²) in [5.41, 5.74) is 0.350. The summed E-state index contributed by atoms with van der Waals surface area (Å²) in [4.78, 5) is 46.3. The second-order valence-electron chi connectivity index (χ2n) is 6.13. The molecule has 0 radical (unpaired) electrons. The van der Waals surface area contributed by atoms with Crippen LogP contribution >= 0.6 is 0 Å². The van der Waals surface area contributed by atoms with Gasteiger partial charge < -0.3 is 24.3 Å². The lowest BCUT2D eigenvalue weighted by Gasteiger charge is -2.21. The van der Waals surface area contributed by atoms with Crippen LogP contribution < -0.4 is 9.88 Å². The van der Waals surface area contributed by atoms with Crippen LogP contribution in [0.2, 0.25) is 0 Å². The number of pyridine rings is 1. The minimum Gasteiger partial charge on any atom is -0.463 e. The quantitative estimate of drug-likeness (QED) is 0.394. The molecule has 10 nitrogen and oxygen atoms in total. The fourth-order valence-electron chi connectivity index (χ4n) is 2.86. The second-order valence-corrected chi connectivity index (χ2v) is 6.13. The van der Waals surface area contributed by atoms with E-state index in [1.165, 1.54) is 38.6 Å². The van der Waals surface area contributed by atoms with Gasteiger partial charge in [-0.25, -0.2) is 0 Å². The normalized spacial score (nSPS) is 23.6. The number of carbonyl (C=O) groups excluding carboxylic acids is 4. The van der Waals surface area contributed by atoms with Crippen molar-refractivity contribution in [2.75, 3.05) is 13.7 Å². The maximum Gasteiger partial charge on any atom is 0.304 e. The van der Waals surface area contributed by atoms with Crippen LogP contribution in [0.25, 0.3) is 0 Å². The van der Waals surface area contributed by atoms with Crippen LogP contribution in [-0.2, 0) is 33.3 Å². The molecule has 1 aliphatic heterocycles.